The van der Waals surface area contributed by atoms with Crippen molar-refractivity contribution in [3.8, 4) is 5.88 Å². The van der Waals surface area contributed by atoms with Crippen molar-refractivity contribution >= 4 is 17.6 Å². The quantitative estimate of drug-likeness (QED) is 0.846. The zero-order chi connectivity index (χ0) is 13.5. The molecule has 0 bridgehead atoms. The van der Waals surface area contributed by atoms with Gasteiger partial charge in [0.25, 0.3) is 0 Å². The van der Waals surface area contributed by atoms with E-state index in [1.54, 1.807) is 17.2 Å². The Labute approximate surface area is 117 Å². The summed E-state index contributed by atoms with van der Waals surface area (Å²) in [4.78, 5) is 21.4. The average Bonchev–Trinajstić information content (AvgIpc) is 2.46. The molecule has 1 N–H and O–H groups in total. The van der Waals surface area contributed by atoms with Gasteiger partial charge in [-0.3, -0.25) is 0 Å². The number of amides is 2. The Morgan fingerprint density at radius 1 is 1.53 bits per heavy atom. The highest BCUT2D eigenvalue weighted by Gasteiger charge is 2.23. The van der Waals surface area contributed by atoms with Gasteiger partial charge in [-0.15, -0.1) is 11.6 Å². The first-order chi connectivity index (χ1) is 9.29. The Morgan fingerprint density at radius 2 is 2.32 bits per heavy atom. The Balaban J connectivity index is 1.75. The van der Waals surface area contributed by atoms with Crippen LogP contribution in [0.1, 0.15) is 12.8 Å². The molecular weight excluding hydrogens is 268 g/mol. The van der Waals surface area contributed by atoms with Crippen molar-refractivity contribution in [2.24, 2.45) is 0 Å². The van der Waals surface area contributed by atoms with Gasteiger partial charge in [0.2, 0.25) is 5.88 Å². The molecule has 6 nitrogen and oxygen atoms in total. The van der Waals surface area contributed by atoms with Crippen LogP contribution in [0, 0.1) is 0 Å². The molecule has 19 heavy (non-hydrogen) atoms. The number of rotatable bonds is 4. The summed E-state index contributed by atoms with van der Waals surface area (Å²) in [6, 6.07) is 1.68. The number of piperidine rings is 1. The van der Waals surface area contributed by atoms with E-state index in [-0.39, 0.29) is 12.1 Å². The SMILES string of the molecule is O=C(NCCCl)N1CCC(Oc2ccncn2)CC1. The molecule has 0 saturated carbocycles. The van der Waals surface area contributed by atoms with E-state index in [0.29, 0.717) is 31.4 Å². The van der Waals surface area contributed by atoms with Crippen LogP contribution in [0.3, 0.4) is 0 Å². The molecule has 0 radical (unpaired) electrons. The summed E-state index contributed by atoms with van der Waals surface area (Å²) in [5.41, 5.74) is 0. The number of aromatic nitrogens is 2. The molecular formula is C12H17ClN4O2. The van der Waals surface area contributed by atoms with Gasteiger partial charge < -0.3 is 15.0 Å². The minimum atomic E-state index is -0.0545. The lowest BCUT2D eigenvalue weighted by Gasteiger charge is -2.31. The maximum Gasteiger partial charge on any atom is 0.317 e. The number of likely N-dealkylation sites (tertiary alicyclic amines) is 1. The summed E-state index contributed by atoms with van der Waals surface area (Å²) in [5, 5.41) is 2.76. The fourth-order valence-electron chi connectivity index (χ4n) is 1.96. The van der Waals surface area contributed by atoms with Crippen molar-refractivity contribution in [1.82, 2.24) is 20.2 Å². The van der Waals surface area contributed by atoms with Gasteiger partial charge in [0.15, 0.2) is 0 Å². The van der Waals surface area contributed by atoms with Gasteiger partial charge in [0.05, 0.1) is 0 Å². The smallest absolute Gasteiger partial charge is 0.317 e. The fourth-order valence-corrected chi connectivity index (χ4v) is 2.06. The van der Waals surface area contributed by atoms with Crippen molar-refractivity contribution in [3.63, 3.8) is 0 Å². The van der Waals surface area contributed by atoms with Gasteiger partial charge in [0.1, 0.15) is 12.4 Å². The van der Waals surface area contributed by atoms with Gasteiger partial charge >= 0.3 is 6.03 Å². The topological polar surface area (TPSA) is 67.4 Å². The van der Waals surface area contributed by atoms with Crippen LogP contribution < -0.4 is 10.1 Å². The predicted molar refractivity (Wildman–Crippen MR) is 71.4 cm³/mol. The maximum atomic E-state index is 11.7. The molecule has 1 aliphatic heterocycles. The normalized spacial score (nSPS) is 16.2. The highest BCUT2D eigenvalue weighted by atomic mass is 35.5. The number of ether oxygens (including phenoxy) is 1. The van der Waals surface area contributed by atoms with E-state index in [2.05, 4.69) is 15.3 Å². The van der Waals surface area contributed by atoms with Gasteiger partial charge in [-0.05, 0) is 0 Å². The van der Waals surface area contributed by atoms with Crippen molar-refractivity contribution in [2.75, 3.05) is 25.5 Å². The number of urea groups is 1. The van der Waals surface area contributed by atoms with Gasteiger partial charge in [-0.2, -0.15) is 0 Å². The lowest BCUT2D eigenvalue weighted by Crippen LogP contribution is -2.46. The molecule has 104 valence electrons. The van der Waals surface area contributed by atoms with Crippen LogP contribution in [0.2, 0.25) is 0 Å². The van der Waals surface area contributed by atoms with E-state index in [0.717, 1.165) is 12.8 Å². The third-order valence-electron chi connectivity index (χ3n) is 2.94. The molecule has 0 spiro atoms. The second kappa shape index (κ2) is 7.13. The number of nitrogens with one attached hydrogen (secondary N) is 1. The molecule has 1 saturated heterocycles. The minimum Gasteiger partial charge on any atom is -0.474 e. The summed E-state index contributed by atoms with van der Waals surface area (Å²) < 4.78 is 5.73. The van der Waals surface area contributed by atoms with Crippen molar-refractivity contribution in [2.45, 2.75) is 18.9 Å². The first-order valence-electron chi connectivity index (χ1n) is 6.31. The standard InChI is InChI=1S/C12H17ClN4O2/c13-4-6-15-12(18)17-7-2-10(3-8-17)19-11-1-5-14-9-16-11/h1,5,9-10H,2-4,6-8H2,(H,15,18). The number of hydrogen-bond acceptors (Lipinski definition) is 4. The Hall–Kier alpha value is -1.56. The molecule has 0 aliphatic carbocycles. The highest BCUT2D eigenvalue weighted by Crippen LogP contribution is 2.16. The lowest BCUT2D eigenvalue weighted by molar-refractivity contribution is 0.107. The monoisotopic (exact) mass is 284 g/mol. The first-order valence-corrected chi connectivity index (χ1v) is 6.84. The Kier molecular flexibility index (Phi) is 5.20. The molecule has 2 rings (SSSR count). The van der Waals surface area contributed by atoms with Crippen molar-refractivity contribution in [3.05, 3.63) is 18.6 Å². The molecule has 0 unspecified atom stereocenters. The number of carbonyl (C=O) groups excluding carboxylic acids is 1. The first kappa shape index (κ1) is 13.9. The van der Waals surface area contributed by atoms with Crippen molar-refractivity contribution < 1.29 is 9.53 Å². The second-order valence-electron chi connectivity index (χ2n) is 4.27. The van der Waals surface area contributed by atoms with Crippen LogP contribution in [0.15, 0.2) is 18.6 Å². The summed E-state index contributed by atoms with van der Waals surface area (Å²) in [6.45, 7) is 1.87. The van der Waals surface area contributed by atoms with Crippen LogP contribution in [0.25, 0.3) is 0 Å². The minimum absolute atomic E-state index is 0.0545. The number of carbonyl (C=O) groups is 1. The molecule has 0 aromatic carbocycles. The molecule has 2 heterocycles. The molecule has 1 fully saturated rings. The van der Waals surface area contributed by atoms with Crippen LogP contribution in [0.5, 0.6) is 5.88 Å². The fraction of sp³-hybridized carbons (Fsp3) is 0.583. The summed E-state index contributed by atoms with van der Waals surface area (Å²) in [6.07, 6.45) is 4.82. The van der Waals surface area contributed by atoms with E-state index in [1.165, 1.54) is 6.33 Å². The van der Waals surface area contributed by atoms with Crippen LogP contribution in [0.4, 0.5) is 4.79 Å². The largest absolute Gasteiger partial charge is 0.474 e. The molecule has 0 atom stereocenters. The van der Waals surface area contributed by atoms with Gasteiger partial charge in [0, 0.05) is 50.6 Å². The Morgan fingerprint density at radius 3 is 2.95 bits per heavy atom. The molecule has 7 heteroatoms. The molecule has 2 amide bonds. The molecule has 1 aromatic heterocycles. The molecule has 1 aromatic rings. The van der Waals surface area contributed by atoms with E-state index in [4.69, 9.17) is 16.3 Å². The van der Waals surface area contributed by atoms with Gasteiger partial charge in [-0.25, -0.2) is 14.8 Å². The second-order valence-corrected chi connectivity index (χ2v) is 4.65. The number of halogens is 1. The van der Waals surface area contributed by atoms with Gasteiger partial charge in [-0.1, -0.05) is 0 Å². The zero-order valence-corrected chi connectivity index (χ0v) is 11.3. The number of hydrogen-bond donors (Lipinski definition) is 1. The van der Waals surface area contributed by atoms with Crippen molar-refractivity contribution in [1.29, 1.82) is 0 Å². The zero-order valence-electron chi connectivity index (χ0n) is 10.6. The summed E-state index contributed by atoms with van der Waals surface area (Å²) in [5.74, 6) is 1.01. The van der Waals surface area contributed by atoms with E-state index in [9.17, 15) is 4.79 Å². The lowest BCUT2D eigenvalue weighted by atomic mass is 10.1. The van der Waals surface area contributed by atoms with Crippen LogP contribution >= 0.6 is 11.6 Å². The molecule has 1 aliphatic rings. The van der Waals surface area contributed by atoms with E-state index >= 15 is 0 Å². The number of nitrogens with zero attached hydrogens (tertiary/aromatic N) is 3. The number of alkyl halides is 1. The third kappa shape index (κ3) is 4.24. The highest BCUT2D eigenvalue weighted by molar-refractivity contribution is 6.18. The maximum absolute atomic E-state index is 11.7. The van der Waals surface area contributed by atoms with E-state index < -0.39 is 0 Å². The van der Waals surface area contributed by atoms with Crippen LogP contribution in [-0.2, 0) is 0 Å². The summed E-state index contributed by atoms with van der Waals surface area (Å²) in [7, 11) is 0. The third-order valence-corrected chi connectivity index (χ3v) is 3.13. The summed E-state index contributed by atoms with van der Waals surface area (Å²) >= 11 is 5.53. The van der Waals surface area contributed by atoms with E-state index in [1.807, 2.05) is 0 Å². The van der Waals surface area contributed by atoms with Crippen LogP contribution in [-0.4, -0.2) is 52.5 Å². The average molecular weight is 285 g/mol. The predicted octanol–water partition coefficient (Wildman–Crippen LogP) is 1.27. The Bertz CT molecular complexity index is 396.